The van der Waals surface area contributed by atoms with Crippen molar-refractivity contribution >= 4 is 58.3 Å². The average molecular weight is 441 g/mol. The van der Waals surface area contributed by atoms with Crippen LogP contribution in [0.1, 0.15) is 18.1 Å². The summed E-state index contributed by atoms with van der Waals surface area (Å²) in [4.78, 5) is 38.5. The number of carbonyl (C=O) groups is 3. The molecule has 0 spiro atoms. The molecule has 1 aliphatic heterocycles. The second-order valence-electron chi connectivity index (χ2n) is 6.61. The fraction of sp³-hybridized carbons (Fsp3) is 0.211. The standard InChI is InChI=1S/C19H16Cl3N3O3/c1-10-3-5-11(6-4-10)19(2)17(27)25(18(28)24-19)9-16(26)23-15-8-13(21)12(20)7-14(15)22/h3-8H,9H2,1-2H3,(H,23,26)(H,24,28)/t19-/m0/s1. The van der Waals surface area contributed by atoms with E-state index in [4.69, 9.17) is 34.8 Å². The summed E-state index contributed by atoms with van der Waals surface area (Å²) < 4.78 is 0. The maximum atomic E-state index is 12.9. The van der Waals surface area contributed by atoms with Crippen molar-refractivity contribution in [1.29, 1.82) is 0 Å². The van der Waals surface area contributed by atoms with Gasteiger partial charge in [0.25, 0.3) is 5.91 Å². The topological polar surface area (TPSA) is 78.5 Å². The maximum absolute atomic E-state index is 12.9. The van der Waals surface area contributed by atoms with Gasteiger partial charge in [-0.1, -0.05) is 64.6 Å². The SMILES string of the molecule is Cc1ccc([C@]2(C)NC(=O)N(CC(=O)Nc3cc(Cl)c(Cl)cc3Cl)C2=O)cc1. The number of nitrogens with one attached hydrogen (secondary N) is 2. The van der Waals surface area contributed by atoms with E-state index >= 15 is 0 Å². The molecule has 1 fully saturated rings. The van der Waals surface area contributed by atoms with Crippen LogP contribution >= 0.6 is 34.8 Å². The predicted octanol–water partition coefficient (Wildman–Crippen LogP) is 4.36. The fourth-order valence-corrected chi connectivity index (χ4v) is 3.47. The zero-order chi connectivity index (χ0) is 20.6. The summed E-state index contributed by atoms with van der Waals surface area (Å²) in [6, 6.07) is 9.38. The van der Waals surface area contributed by atoms with Gasteiger partial charge in [-0.3, -0.25) is 14.5 Å². The van der Waals surface area contributed by atoms with Crippen molar-refractivity contribution in [2.45, 2.75) is 19.4 Å². The van der Waals surface area contributed by atoms with Crippen LogP contribution in [0.4, 0.5) is 10.5 Å². The van der Waals surface area contributed by atoms with Gasteiger partial charge in [-0.2, -0.15) is 0 Å². The lowest BCUT2D eigenvalue weighted by molar-refractivity contribution is -0.133. The van der Waals surface area contributed by atoms with E-state index in [2.05, 4.69) is 10.6 Å². The predicted molar refractivity (Wildman–Crippen MR) is 109 cm³/mol. The Morgan fingerprint density at radius 2 is 1.68 bits per heavy atom. The number of imide groups is 1. The van der Waals surface area contributed by atoms with Crippen LogP contribution in [-0.4, -0.2) is 29.3 Å². The van der Waals surface area contributed by atoms with Gasteiger partial charge in [0, 0.05) is 0 Å². The van der Waals surface area contributed by atoms with Crippen molar-refractivity contribution in [2.75, 3.05) is 11.9 Å². The molecular formula is C19H16Cl3N3O3. The zero-order valence-corrected chi connectivity index (χ0v) is 17.2. The molecule has 1 atom stereocenters. The minimum Gasteiger partial charge on any atom is -0.323 e. The molecule has 2 aromatic carbocycles. The Kier molecular flexibility index (Phi) is 5.57. The Morgan fingerprint density at radius 3 is 2.32 bits per heavy atom. The molecule has 9 heteroatoms. The summed E-state index contributed by atoms with van der Waals surface area (Å²) >= 11 is 17.8. The van der Waals surface area contributed by atoms with Gasteiger partial charge in [-0.15, -0.1) is 0 Å². The summed E-state index contributed by atoms with van der Waals surface area (Å²) in [5, 5.41) is 5.83. The molecule has 0 radical (unpaired) electrons. The molecule has 1 saturated heterocycles. The zero-order valence-electron chi connectivity index (χ0n) is 15.0. The smallest absolute Gasteiger partial charge is 0.323 e. The van der Waals surface area contributed by atoms with Crippen LogP contribution in [0, 0.1) is 6.92 Å². The number of urea groups is 1. The minimum absolute atomic E-state index is 0.185. The molecule has 0 aliphatic carbocycles. The lowest BCUT2D eigenvalue weighted by Gasteiger charge is -2.22. The van der Waals surface area contributed by atoms with Crippen LogP contribution in [0.5, 0.6) is 0 Å². The lowest BCUT2D eigenvalue weighted by Crippen LogP contribution is -2.42. The first-order chi connectivity index (χ1) is 13.1. The Labute approximate surface area is 176 Å². The molecular weight excluding hydrogens is 425 g/mol. The van der Waals surface area contributed by atoms with Gasteiger partial charge >= 0.3 is 6.03 Å². The van der Waals surface area contributed by atoms with Crippen LogP contribution < -0.4 is 10.6 Å². The van der Waals surface area contributed by atoms with E-state index in [1.165, 1.54) is 12.1 Å². The number of aryl methyl sites for hydroxylation is 1. The molecule has 0 bridgehead atoms. The van der Waals surface area contributed by atoms with Gasteiger partial charge in [-0.25, -0.2) is 4.79 Å². The Hall–Kier alpha value is -2.28. The number of hydrogen-bond donors (Lipinski definition) is 2. The highest BCUT2D eigenvalue weighted by atomic mass is 35.5. The highest BCUT2D eigenvalue weighted by Crippen LogP contribution is 2.33. The Morgan fingerprint density at radius 1 is 1.07 bits per heavy atom. The minimum atomic E-state index is -1.24. The van der Waals surface area contributed by atoms with E-state index in [0.29, 0.717) is 5.56 Å². The average Bonchev–Trinajstić information content (AvgIpc) is 2.84. The normalized spacial score (nSPS) is 19.0. The molecule has 146 valence electrons. The number of anilines is 1. The molecule has 4 amide bonds. The van der Waals surface area contributed by atoms with E-state index < -0.39 is 29.9 Å². The quantitative estimate of drug-likeness (QED) is 0.548. The van der Waals surface area contributed by atoms with Crippen LogP contribution in [0.25, 0.3) is 0 Å². The highest BCUT2D eigenvalue weighted by molar-refractivity contribution is 6.44. The summed E-state index contributed by atoms with van der Waals surface area (Å²) in [7, 11) is 0. The van der Waals surface area contributed by atoms with Crippen molar-refractivity contribution in [3.8, 4) is 0 Å². The van der Waals surface area contributed by atoms with Gasteiger partial charge in [0.15, 0.2) is 0 Å². The van der Waals surface area contributed by atoms with Crippen molar-refractivity contribution in [2.24, 2.45) is 0 Å². The summed E-state index contributed by atoms with van der Waals surface area (Å²) in [6.07, 6.45) is 0. The van der Waals surface area contributed by atoms with Crippen LogP contribution in [-0.2, 0) is 15.1 Å². The van der Waals surface area contributed by atoms with Gasteiger partial charge in [0.2, 0.25) is 5.91 Å². The Balaban J connectivity index is 1.76. The number of halogens is 3. The summed E-state index contributed by atoms with van der Waals surface area (Å²) in [5.74, 6) is -1.12. The number of nitrogens with zero attached hydrogens (tertiary/aromatic N) is 1. The summed E-state index contributed by atoms with van der Waals surface area (Å²) in [6.45, 7) is 3.06. The van der Waals surface area contributed by atoms with Crippen molar-refractivity contribution in [1.82, 2.24) is 10.2 Å². The summed E-state index contributed by atoms with van der Waals surface area (Å²) in [5.41, 5.74) is 0.645. The van der Waals surface area contributed by atoms with Gasteiger partial charge in [0.1, 0.15) is 12.1 Å². The molecule has 28 heavy (non-hydrogen) atoms. The molecule has 6 nitrogen and oxygen atoms in total. The highest BCUT2D eigenvalue weighted by Gasteiger charge is 2.49. The van der Waals surface area contributed by atoms with Gasteiger partial charge in [0.05, 0.1) is 20.8 Å². The third-order valence-electron chi connectivity index (χ3n) is 4.49. The third kappa shape index (κ3) is 3.81. The monoisotopic (exact) mass is 439 g/mol. The third-order valence-corrected chi connectivity index (χ3v) is 5.52. The van der Waals surface area contributed by atoms with Crippen molar-refractivity contribution in [3.05, 3.63) is 62.6 Å². The van der Waals surface area contributed by atoms with Crippen molar-refractivity contribution in [3.63, 3.8) is 0 Å². The van der Waals surface area contributed by atoms with Crippen LogP contribution in [0.15, 0.2) is 36.4 Å². The van der Waals surface area contributed by atoms with E-state index in [0.717, 1.165) is 10.5 Å². The largest absolute Gasteiger partial charge is 0.325 e. The molecule has 3 rings (SSSR count). The number of carbonyl (C=O) groups excluding carboxylic acids is 3. The molecule has 0 aromatic heterocycles. The Bertz CT molecular complexity index is 978. The van der Waals surface area contributed by atoms with Crippen molar-refractivity contribution < 1.29 is 14.4 Å². The van der Waals surface area contributed by atoms with Gasteiger partial charge < -0.3 is 10.6 Å². The van der Waals surface area contributed by atoms with E-state index in [1.807, 2.05) is 19.1 Å². The lowest BCUT2D eigenvalue weighted by atomic mass is 9.91. The molecule has 0 saturated carbocycles. The number of benzene rings is 2. The molecule has 2 aromatic rings. The maximum Gasteiger partial charge on any atom is 0.325 e. The van der Waals surface area contributed by atoms with E-state index in [-0.39, 0.29) is 20.8 Å². The first-order valence-corrected chi connectivity index (χ1v) is 9.41. The fourth-order valence-electron chi connectivity index (χ4n) is 2.87. The van der Waals surface area contributed by atoms with E-state index in [9.17, 15) is 14.4 Å². The number of amides is 4. The number of hydrogen-bond acceptors (Lipinski definition) is 3. The van der Waals surface area contributed by atoms with E-state index in [1.54, 1.807) is 19.1 Å². The van der Waals surface area contributed by atoms with Crippen LogP contribution in [0.2, 0.25) is 15.1 Å². The second-order valence-corrected chi connectivity index (χ2v) is 7.83. The first kappa shape index (κ1) is 20.5. The van der Waals surface area contributed by atoms with Gasteiger partial charge in [-0.05, 0) is 31.5 Å². The molecule has 2 N–H and O–H groups in total. The second kappa shape index (κ2) is 7.62. The first-order valence-electron chi connectivity index (χ1n) is 8.27. The number of rotatable bonds is 4. The molecule has 0 unspecified atom stereocenters. The molecule has 1 aliphatic rings. The molecule has 1 heterocycles. The van der Waals surface area contributed by atoms with Crippen LogP contribution in [0.3, 0.4) is 0 Å².